The molecule has 3 amide bonds. The maximum absolute atomic E-state index is 12.5. The molecule has 1 aromatic heterocycles. The van der Waals surface area contributed by atoms with E-state index < -0.39 is 11.7 Å². The van der Waals surface area contributed by atoms with Crippen LogP contribution in [0.2, 0.25) is 0 Å². The Morgan fingerprint density at radius 1 is 1.14 bits per heavy atom. The van der Waals surface area contributed by atoms with E-state index in [9.17, 15) is 19.2 Å². The predicted octanol–water partition coefficient (Wildman–Crippen LogP) is 0.359. The average molecular weight is 393 g/mol. The van der Waals surface area contributed by atoms with Gasteiger partial charge in [0.25, 0.3) is 11.5 Å². The van der Waals surface area contributed by atoms with Crippen molar-refractivity contribution in [1.82, 2.24) is 25.3 Å². The zero-order valence-electron chi connectivity index (χ0n) is 16.5. The van der Waals surface area contributed by atoms with Crippen molar-refractivity contribution in [2.45, 2.75) is 39.2 Å². The molecular weight excluding hydrogens is 366 g/mol. The second-order valence-electron chi connectivity index (χ2n) is 7.51. The lowest BCUT2D eigenvalue weighted by molar-refractivity contribution is -0.130. The van der Waals surface area contributed by atoms with Crippen molar-refractivity contribution in [3.8, 4) is 0 Å². The van der Waals surface area contributed by atoms with E-state index in [1.165, 1.54) is 12.1 Å². The van der Waals surface area contributed by atoms with Crippen LogP contribution < -0.4 is 10.9 Å². The molecule has 0 radical (unpaired) electrons. The van der Waals surface area contributed by atoms with Crippen LogP contribution in [0.5, 0.6) is 0 Å². The van der Waals surface area contributed by atoms with Gasteiger partial charge in [-0.25, -0.2) is 9.89 Å². The molecule has 28 heavy (non-hydrogen) atoms. The van der Waals surface area contributed by atoms with Crippen molar-refractivity contribution in [2.24, 2.45) is 0 Å². The molecular formula is C18H27N5O5. The first kappa shape index (κ1) is 21.4. The largest absolute Gasteiger partial charge is 0.444 e. The lowest BCUT2D eigenvalue weighted by atomic mass is 10.2. The fourth-order valence-electron chi connectivity index (χ4n) is 2.74. The minimum atomic E-state index is -0.588. The highest BCUT2D eigenvalue weighted by atomic mass is 16.6. The van der Waals surface area contributed by atoms with Crippen LogP contribution >= 0.6 is 0 Å². The number of aromatic nitrogens is 2. The number of hydrogen-bond acceptors (Lipinski definition) is 6. The summed E-state index contributed by atoms with van der Waals surface area (Å²) < 4.78 is 5.13. The van der Waals surface area contributed by atoms with Gasteiger partial charge in [-0.05, 0) is 33.3 Å². The number of nitrogens with one attached hydrogen (secondary N) is 2. The second kappa shape index (κ2) is 9.34. The first-order valence-corrected chi connectivity index (χ1v) is 9.25. The molecule has 0 saturated carbocycles. The minimum Gasteiger partial charge on any atom is -0.444 e. The Labute approximate surface area is 163 Å². The van der Waals surface area contributed by atoms with Crippen LogP contribution in [0.25, 0.3) is 0 Å². The van der Waals surface area contributed by atoms with Crippen molar-refractivity contribution in [2.75, 3.05) is 32.7 Å². The van der Waals surface area contributed by atoms with Crippen LogP contribution in [0.1, 0.15) is 44.1 Å². The number of ether oxygens (including phenoxy) is 1. The molecule has 154 valence electrons. The van der Waals surface area contributed by atoms with E-state index in [0.29, 0.717) is 32.6 Å². The second-order valence-corrected chi connectivity index (χ2v) is 7.51. The van der Waals surface area contributed by atoms with Gasteiger partial charge in [-0.2, -0.15) is 5.10 Å². The van der Waals surface area contributed by atoms with Crippen molar-refractivity contribution in [3.63, 3.8) is 0 Å². The van der Waals surface area contributed by atoms with Crippen molar-refractivity contribution in [1.29, 1.82) is 0 Å². The Morgan fingerprint density at radius 2 is 1.82 bits per heavy atom. The molecule has 1 aromatic rings. The van der Waals surface area contributed by atoms with Crippen LogP contribution in [-0.2, 0) is 9.53 Å². The van der Waals surface area contributed by atoms with E-state index in [2.05, 4.69) is 15.5 Å². The summed E-state index contributed by atoms with van der Waals surface area (Å²) in [5.41, 5.74) is -0.791. The molecule has 0 aromatic carbocycles. The number of alkyl carbamates (subject to hydrolysis) is 1. The molecule has 0 spiro atoms. The van der Waals surface area contributed by atoms with E-state index in [4.69, 9.17) is 4.74 Å². The zero-order chi connectivity index (χ0) is 20.7. The van der Waals surface area contributed by atoms with E-state index in [0.717, 1.165) is 0 Å². The molecule has 2 rings (SSSR count). The summed E-state index contributed by atoms with van der Waals surface area (Å²) in [6, 6.07) is 2.64. The number of H-pyrrole nitrogens is 1. The minimum absolute atomic E-state index is 0.0903. The van der Waals surface area contributed by atoms with Gasteiger partial charge in [0, 0.05) is 45.2 Å². The predicted molar refractivity (Wildman–Crippen MR) is 101 cm³/mol. The van der Waals surface area contributed by atoms with Crippen LogP contribution in [0.15, 0.2) is 16.9 Å². The molecule has 0 bridgehead atoms. The fourth-order valence-corrected chi connectivity index (χ4v) is 2.74. The molecule has 10 heteroatoms. The summed E-state index contributed by atoms with van der Waals surface area (Å²) in [5, 5.41) is 8.57. The van der Waals surface area contributed by atoms with Crippen LogP contribution in [0.4, 0.5) is 4.79 Å². The third-order valence-corrected chi connectivity index (χ3v) is 4.04. The molecule has 1 aliphatic heterocycles. The van der Waals surface area contributed by atoms with Gasteiger partial charge in [0.05, 0.1) is 0 Å². The molecule has 0 aliphatic carbocycles. The quantitative estimate of drug-likeness (QED) is 0.761. The standard InChI is InChI=1S/C18H27N5O5/c1-18(2,3)28-17(27)19-8-7-15(25)22-9-4-10-23(12-11-22)16(26)13-5-6-14(24)21-20-13/h5-6H,4,7-12H2,1-3H3,(H,19,27)(H,21,24). The molecule has 0 atom stereocenters. The van der Waals surface area contributed by atoms with Gasteiger partial charge >= 0.3 is 6.09 Å². The highest BCUT2D eigenvalue weighted by molar-refractivity contribution is 5.92. The fraction of sp³-hybridized carbons (Fsp3) is 0.611. The van der Waals surface area contributed by atoms with Gasteiger partial charge in [-0.3, -0.25) is 14.4 Å². The van der Waals surface area contributed by atoms with Gasteiger partial charge in [-0.15, -0.1) is 0 Å². The monoisotopic (exact) mass is 393 g/mol. The summed E-state index contributed by atoms with van der Waals surface area (Å²) in [7, 11) is 0. The maximum Gasteiger partial charge on any atom is 0.407 e. The Kier molecular flexibility index (Phi) is 7.13. The summed E-state index contributed by atoms with van der Waals surface area (Å²) >= 11 is 0. The van der Waals surface area contributed by atoms with E-state index in [-0.39, 0.29) is 36.0 Å². The Bertz CT molecular complexity index is 750. The average Bonchev–Trinajstić information content (AvgIpc) is 2.86. The van der Waals surface area contributed by atoms with Crippen LogP contribution in [0.3, 0.4) is 0 Å². The number of carbonyl (C=O) groups is 3. The van der Waals surface area contributed by atoms with Gasteiger partial charge in [-0.1, -0.05) is 0 Å². The lowest BCUT2D eigenvalue weighted by Gasteiger charge is -2.22. The van der Waals surface area contributed by atoms with Crippen molar-refractivity contribution < 1.29 is 19.1 Å². The smallest absolute Gasteiger partial charge is 0.407 e. The molecule has 2 N–H and O–H groups in total. The molecule has 1 aliphatic rings. The third-order valence-electron chi connectivity index (χ3n) is 4.04. The first-order chi connectivity index (χ1) is 13.2. The molecule has 1 saturated heterocycles. The molecule has 0 unspecified atom stereocenters. The van der Waals surface area contributed by atoms with Gasteiger partial charge in [0.2, 0.25) is 5.91 Å². The number of nitrogens with zero attached hydrogens (tertiary/aromatic N) is 3. The summed E-state index contributed by atoms with van der Waals surface area (Å²) in [6.45, 7) is 7.31. The SMILES string of the molecule is CC(C)(C)OC(=O)NCCC(=O)N1CCCN(C(=O)c2ccc(=O)[nH]n2)CC1. The first-order valence-electron chi connectivity index (χ1n) is 9.25. The van der Waals surface area contributed by atoms with Gasteiger partial charge < -0.3 is 19.9 Å². The Morgan fingerprint density at radius 3 is 2.46 bits per heavy atom. The highest BCUT2D eigenvalue weighted by Crippen LogP contribution is 2.09. The number of rotatable bonds is 4. The molecule has 10 nitrogen and oxygen atoms in total. The number of amides is 3. The molecule has 2 heterocycles. The third kappa shape index (κ3) is 6.67. The summed E-state index contributed by atoms with van der Waals surface area (Å²) in [6.07, 6.45) is 0.246. The number of hydrogen-bond donors (Lipinski definition) is 2. The van der Waals surface area contributed by atoms with Crippen molar-refractivity contribution in [3.05, 3.63) is 28.2 Å². The van der Waals surface area contributed by atoms with Crippen molar-refractivity contribution >= 4 is 17.9 Å². The van der Waals surface area contributed by atoms with Crippen LogP contribution in [0, 0.1) is 0 Å². The van der Waals surface area contributed by atoms with Gasteiger partial charge in [0.1, 0.15) is 11.3 Å². The number of aromatic amines is 1. The highest BCUT2D eigenvalue weighted by Gasteiger charge is 2.24. The lowest BCUT2D eigenvalue weighted by Crippen LogP contribution is -2.39. The summed E-state index contributed by atoms with van der Waals surface area (Å²) in [5.74, 6) is -0.371. The Balaban J connectivity index is 1.80. The van der Waals surface area contributed by atoms with E-state index >= 15 is 0 Å². The van der Waals surface area contributed by atoms with Gasteiger partial charge in [0.15, 0.2) is 0 Å². The maximum atomic E-state index is 12.5. The normalized spacial score (nSPS) is 15.0. The van der Waals surface area contributed by atoms with E-state index in [1.807, 2.05) is 0 Å². The Hall–Kier alpha value is -2.91. The number of carbonyl (C=O) groups excluding carboxylic acids is 3. The summed E-state index contributed by atoms with van der Waals surface area (Å²) in [4.78, 5) is 50.8. The topological polar surface area (TPSA) is 125 Å². The molecule has 1 fully saturated rings. The van der Waals surface area contributed by atoms with Crippen LogP contribution in [-0.4, -0.2) is 76.2 Å². The van der Waals surface area contributed by atoms with E-state index in [1.54, 1.807) is 30.6 Å². The zero-order valence-corrected chi connectivity index (χ0v) is 16.5.